The van der Waals surface area contributed by atoms with Crippen molar-refractivity contribution >= 4 is 41.3 Å². The molecule has 1 amide bonds. The van der Waals surface area contributed by atoms with Crippen LogP contribution in [0.25, 0.3) is 16.9 Å². The van der Waals surface area contributed by atoms with Gasteiger partial charge >= 0.3 is 0 Å². The SMILES string of the molecule is Cc1cc(-c2csc(CC(N)=O)n2)c(C)n1-c1ccc(F)c(Cl)c1.Cl. The first-order valence-electron chi connectivity index (χ1n) is 7.24. The number of rotatable bonds is 4. The van der Waals surface area contributed by atoms with Crippen molar-refractivity contribution in [3.8, 4) is 16.9 Å². The third-order valence-electron chi connectivity index (χ3n) is 3.75. The monoisotopic (exact) mass is 399 g/mol. The van der Waals surface area contributed by atoms with E-state index in [1.165, 1.54) is 17.4 Å². The Kier molecular flexibility index (Phi) is 5.87. The zero-order valence-electron chi connectivity index (χ0n) is 13.5. The van der Waals surface area contributed by atoms with E-state index in [2.05, 4.69) is 4.98 Å². The van der Waals surface area contributed by atoms with Crippen molar-refractivity contribution in [1.29, 1.82) is 0 Å². The van der Waals surface area contributed by atoms with Gasteiger partial charge in [-0.05, 0) is 38.1 Å². The third kappa shape index (κ3) is 3.86. The van der Waals surface area contributed by atoms with Gasteiger partial charge in [0, 0.05) is 28.0 Å². The van der Waals surface area contributed by atoms with Crippen LogP contribution in [0.15, 0.2) is 29.6 Å². The van der Waals surface area contributed by atoms with Crippen LogP contribution in [0.2, 0.25) is 5.02 Å². The molecule has 0 aliphatic carbocycles. The van der Waals surface area contributed by atoms with Gasteiger partial charge in [0.2, 0.25) is 5.91 Å². The van der Waals surface area contributed by atoms with Crippen molar-refractivity contribution in [2.75, 3.05) is 0 Å². The topological polar surface area (TPSA) is 60.9 Å². The number of thiazole rings is 1. The van der Waals surface area contributed by atoms with Crippen LogP contribution in [0.4, 0.5) is 4.39 Å². The van der Waals surface area contributed by atoms with Gasteiger partial charge in [0.05, 0.1) is 17.1 Å². The summed E-state index contributed by atoms with van der Waals surface area (Å²) in [7, 11) is 0. The fourth-order valence-corrected chi connectivity index (χ4v) is 3.69. The molecular formula is C17H16Cl2FN3OS. The molecule has 2 aromatic heterocycles. The van der Waals surface area contributed by atoms with Gasteiger partial charge in [-0.1, -0.05) is 11.6 Å². The zero-order chi connectivity index (χ0) is 17.4. The maximum atomic E-state index is 13.4. The van der Waals surface area contributed by atoms with Crippen molar-refractivity contribution in [2.24, 2.45) is 5.73 Å². The fourth-order valence-electron chi connectivity index (χ4n) is 2.71. The van der Waals surface area contributed by atoms with Crippen LogP contribution in [0.1, 0.15) is 16.4 Å². The second-order valence-electron chi connectivity index (χ2n) is 5.49. The molecule has 0 saturated carbocycles. The minimum atomic E-state index is -0.446. The first-order valence-corrected chi connectivity index (χ1v) is 8.50. The quantitative estimate of drug-likeness (QED) is 0.703. The molecule has 4 nitrogen and oxygen atoms in total. The Labute approximate surface area is 159 Å². The van der Waals surface area contributed by atoms with Crippen molar-refractivity contribution in [2.45, 2.75) is 20.3 Å². The Bertz CT molecular complexity index is 936. The Hall–Kier alpha value is -1.89. The van der Waals surface area contributed by atoms with E-state index in [4.69, 9.17) is 17.3 Å². The van der Waals surface area contributed by atoms with Gasteiger partial charge in [-0.25, -0.2) is 9.37 Å². The molecule has 0 aliphatic heterocycles. The van der Waals surface area contributed by atoms with E-state index in [1.54, 1.807) is 12.1 Å². The van der Waals surface area contributed by atoms with Crippen molar-refractivity contribution < 1.29 is 9.18 Å². The average Bonchev–Trinajstić information content (AvgIpc) is 3.06. The van der Waals surface area contributed by atoms with E-state index < -0.39 is 11.7 Å². The second kappa shape index (κ2) is 7.56. The summed E-state index contributed by atoms with van der Waals surface area (Å²) in [4.78, 5) is 15.5. The van der Waals surface area contributed by atoms with Crippen molar-refractivity contribution in [3.63, 3.8) is 0 Å². The molecule has 0 unspecified atom stereocenters. The molecule has 0 aliphatic rings. The van der Waals surface area contributed by atoms with E-state index in [0.717, 1.165) is 28.3 Å². The molecule has 2 N–H and O–H groups in total. The number of carbonyl (C=O) groups is 1. The van der Waals surface area contributed by atoms with Crippen LogP contribution < -0.4 is 5.73 Å². The standard InChI is InChI=1S/C17H15ClFN3OS.ClH/c1-9-5-12(15-8-24-17(21-15)7-16(20)23)10(2)22(9)11-3-4-14(19)13(18)6-11;/h3-6,8H,7H2,1-2H3,(H2,20,23);1H. The molecule has 8 heteroatoms. The molecular weight excluding hydrogens is 384 g/mol. The molecule has 0 bridgehead atoms. The zero-order valence-corrected chi connectivity index (χ0v) is 15.9. The summed E-state index contributed by atoms with van der Waals surface area (Å²) < 4.78 is 15.4. The average molecular weight is 400 g/mol. The molecule has 132 valence electrons. The highest BCUT2D eigenvalue weighted by molar-refractivity contribution is 7.10. The molecule has 3 rings (SSSR count). The number of aryl methyl sites for hydroxylation is 1. The van der Waals surface area contributed by atoms with E-state index >= 15 is 0 Å². The van der Waals surface area contributed by atoms with Crippen LogP contribution in [-0.2, 0) is 11.2 Å². The van der Waals surface area contributed by atoms with E-state index in [9.17, 15) is 9.18 Å². The Morgan fingerprint density at radius 1 is 1.36 bits per heavy atom. The third-order valence-corrected chi connectivity index (χ3v) is 4.88. The minimum Gasteiger partial charge on any atom is -0.369 e. The minimum absolute atomic E-state index is 0. The number of nitrogens with two attached hydrogens (primary N) is 1. The molecule has 1 aromatic carbocycles. The number of amides is 1. The Morgan fingerprint density at radius 3 is 2.72 bits per heavy atom. The molecule has 3 aromatic rings. The molecule has 0 fully saturated rings. The highest BCUT2D eigenvalue weighted by atomic mass is 35.5. The number of hydrogen-bond donors (Lipinski definition) is 1. The highest BCUT2D eigenvalue weighted by Crippen LogP contribution is 2.31. The summed E-state index contributed by atoms with van der Waals surface area (Å²) in [5.74, 6) is -0.846. The first kappa shape index (κ1) is 19.4. The molecule has 0 atom stereocenters. The number of primary amides is 1. The summed E-state index contributed by atoms with van der Waals surface area (Å²) >= 11 is 7.31. The van der Waals surface area contributed by atoms with Gasteiger partial charge in [0.15, 0.2) is 0 Å². The Morgan fingerprint density at radius 2 is 2.08 bits per heavy atom. The van der Waals surface area contributed by atoms with Gasteiger partial charge < -0.3 is 10.3 Å². The lowest BCUT2D eigenvalue weighted by Crippen LogP contribution is -2.13. The van der Waals surface area contributed by atoms with E-state index in [-0.39, 0.29) is 23.9 Å². The summed E-state index contributed by atoms with van der Waals surface area (Å²) in [6.07, 6.45) is 0.136. The molecule has 0 radical (unpaired) electrons. The van der Waals surface area contributed by atoms with Gasteiger partial charge in [0.1, 0.15) is 10.8 Å². The lowest BCUT2D eigenvalue weighted by Gasteiger charge is -2.10. The lowest BCUT2D eigenvalue weighted by molar-refractivity contribution is -0.117. The predicted octanol–water partition coefficient (Wildman–Crippen LogP) is 4.46. The van der Waals surface area contributed by atoms with Crippen LogP contribution >= 0.6 is 35.3 Å². The maximum Gasteiger partial charge on any atom is 0.224 e. The molecule has 0 spiro atoms. The Balaban J connectivity index is 0.00000225. The smallest absolute Gasteiger partial charge is 0.224 e. The first-order chi connectivity index (χ1) is 11.4. The predicted molar refractivity (Wildman–Crippen MR) is 101 cm³/mol. The maximum absolute atomic E-state index is 13.4. The molecule has 0 saturated heterocycles. The second-order valence-corrected chi connectivity index (χ2v) is 6.84. The van der Waals surface area contributed by atoms with Crippen LogP contribution in [0.3, 0.4) is 0 Å². The van der Waals surface area contributed by atoms with Gasteiger partial charge in [-0.3, -0.25) is 4.79 Å². The summed E-state index contributed by atoms with van der Waals surface area (Å²) in [5, 5.41) is 2.67. The summed E-state index contributed by atoms with van der Waals surface area (Å²) in [6, 6.07) is 6.64. The fraction of sp³-hybridized carbons (Fsp3) is 0.176. The number of benzene rings is 1. The van der Waals surface area contributed by atoms with E-state index in [0.29, 0.717) is 5.01 Å². The summed E-state index contributed by atoms with van der Waals surface area (Å²) in [5.41, 5.74) is 9.70. The van der Waals surface area contributed by atoms with Gasteiger partial charge in [-0.15, -0.1) is 23.7 Å². The molecule has 25 heavy (non-hydrogen) atoms. The van der Waals surface area contributed by atoms with E-state index in [1.807, 2.05) is 29.9 Å². The van der Waals surface area contributed by atoms with Crippen molar-refractivity contribution in [1.82, 2.24) is 9.55 Å². The van der Waals surface area contributed by atoms with Crippen LogP contribution in [0, 0.1) is 19.7 Å². The van der Waals surface area contributed by atoms with Crippen LogP contribution in [-0.4, -0.2) is 15.5 Å². The number of aromatic nitrogens is 2. The van der Waals surface area contributed by atoms with Gasteiger partial charge in [0.25, 0.3) is 0 Å². The number of halogens is 3. The normalized spacial score (nSPS) is 10.6. The van der Waals surface area contributed by atoms with Crippen LogP contribution in [0.5, 0.6) is 0 Å². The largest absolute Gasteiger partial charge is 0.369 e. The number of carbonyl (C=O) groups excluding carboxylic acids is 1. The lowest BCUT2D eigenvalue weighted by atomic mass is 10.2. The van der Waals surface area contributed by atoms with Gasteiger partial charge in [-0.2, -0.15) is 0 Å². The number of hydrogen-bond acceptors (Lipinski definition) is 3. The highest BCUT2D eigenvalue weighted by Gasteiger charge is 2.16. The van der Waals surface area contributed by atoms with Crippen molar-refractivity contribution in [3.05, 3.63) is 56.9 Å². The molecule has 2 heterocycles. The summed E-state index contributed by atoms with van der Waals surface area (Å²) in [6.45, 7) is 3.93. The number of nitrogens with zero attached hydrogens (tertiary/aromatic N) is 2.